The Bertz CT molecular complexity index is 1590. The third-order valence-corrected chi connectivity index (χ3v) is 15.7. The Balaban J connectivity index is 0.955. The van der Waals surface area contributed by atoms with Crippen LogP contribution in [0.25, 0.3) is 11.2 Å². The van der Waals surface area contributed by atoms with Crippen LogP contribution in [0.1, 0.15) is 26.5 Å². The normalized spacial score (nSPS) is 37.2. The molecule has 0 spiro atoms. The van der Waals surface area contributed by atoms with E-state index in [-0.39, 0.29) is 22.9 Å². The Kier molecular flexibility index (Phi) is 8.37. The number of imidazole rings is 1. The predicted molar refractivity (Wildman–Crippen MR) is 158 cm³/mol. The summed E-state index contributed by atoms with van der Waals surface area (Å²) in [5.41, 5.74) is 6.62. The molecule has 23 heteroatoms. The van der Waals surface area contributed by atoms with Gasteiger partial charge < -0.3 is 39.5 Å². The van der Waals surface area contributed by atoms with Gasteiger partial charge in [0.1, 0.15) is 30.1 Å². The summed E-state index contributed by atoms with van der Waals surface area (Å²) in [4.78, 5) is 49.3. The lowest BCUT2D eigenvalue weighted by atomic mass is 10.0. The molecular weight excluding hydrogens is 699 g/mol. The van der Waals surface area contributed by atoms with Crippen LogP contribution in [0.15, 0.2) is 12.7 Å². The van der Waals surface area contributed by atoms with Crippen molar-refractivity contribution in [2.75, 3.05) is 24.9 Å². The number of anilines is 1. The zero-order chi connectivity index (χ0) is 32.1. The number of nitrogens with two attached hydrogens (primary N) is 1. The van der Waals surface area contributed by atoms with Crippen molar-refractivity contribution in [3.63, 3.8) is 0 Å². The van der Waals surface area contributed by atoms with Gasteiger partial charge in [0.2, 0.25) is 0 Å². The molecule has 0 aromatic carbocycles. The maximum Gasteiger partial charge on any atom is 0.490 e. The third kappa shape index (κ3) is 6.55. The second-order valence-electron chi connectivity index (χ2n) is 12.4. The summed E-state index contributed by atoms with van der Waals surface area (Å²) >= 11 is 0. The van der Waals surface area contributed by atoms with Crippen molar-refractivity contribution < 1.29 is 60.6 Å². The molecule has 5 aliphatic carbocycles. The lowest BCUT2D eigenvalue weighted by Crippen LogP contribution is -2.29. The summed E-state index contributed by atoms with van der Waals surface area (Å²) in [6.45, 7) is 4.18. The topological polar surface area (TPSA) is 257 Å². The van der Waals surface area contributed by atoms with E-state index in [4.69, 9.17) is 34.3 Å². The molecule has 0 amide bonds. The predicted octanol–water partition coefficient (Wildman–Crippen LogP) is 2.68. The summed E-state index contributed by atoms with van der Waals surface area (Å²) in [5, 5.41) is 0. The minimum atomic E-state index is -5.68. The van der Waals surface area contributed by atoms with E-state index < -0.39 is 48.5 Å². The van der Waals surface area contributed by atoms with E-state index in [0.29, 0.717) is 23.9 Å². The first kappa shape index (κ1) is 32.9. The summed E-state index contributed by atoms with van der Waals surface area (Å²) in [5.74, 6) is 5.71. The Morgan fingerprint density at radius 1 is 1.00 bits per heavy atom. The highest BCUT2D eigenvalue weighted by atomic mass is 33.1. The molecule has 5 saturated carbocycles. The molecule has 45 heavy (non-hydrogen) atoms. The molecule has 2 aromatic rings. The summed E-state index contributed by atoms with van der Waals surface area (Å²) in [6, 6.07) is 0. The number of aromatic nitrogens is 4. The van der Waals surface area contributed by atoms with Crippen LogP contribution in [0, 0.1) is 35.5 Å². The molecule has 3 heterocycles. The van der Waals surface area contributed by atoms with Crippen LogP contribution in [0.3, 0.4) is 0 Å². The molecule has 6 N–H and O–H groups in total. The molecule has 18 nitrogen and oxygen atoms in total. The number of phosphoric acid groups is 3. The molecule has 2 bridgehead atoms. The maximum absolute atomic E-state index is 12.4. The van der Waals surface area contributed by atoms with Crippen LogP contribution in [0.5, 0.6) is 0 Å². The summed E-state index contributed by atoms with van der Waals surface area (Å²) in [7, 11) is -13.5. The van der Waals surface area contributed by atoms with Crippen molar-refractivity contribution in [1.29, 1.82) is 0 Å². The highest BCUT2D eigenvalue weighted by molar-refractivity contribution is 8.77. The van der Waals surface area contributed by atoms with E-state index >= 15 is 0 Å². The monoisotopic (exact) mass is 731 g/mol. The van der Waals surface area contributed by atoms with Crippen molar-refractivity contribution in [2.24, 2.45) is 35.5 Å². The van der Waals surface area contributed by atoms with Gasteiger partial charge in [-0.1, -0.05) is 21.6 Å². The van der Waals surface area contributed by atoms with E-state index in [9.17, 15) is 23.5 Å². The number of hydrogen-bond donors (Lipinski definition) is 5. The Labute approximate surface area is 264 Å². The fourth-order valence-electron chi connectivity index (χ4n) is 7.40. The average molecular weight is 732 g/mol. The molecule has 5 atom stereocenters. The maximum atomic E-state index is 12.4. The first-order valence-electron chi connectivity index (χ1n) is 13.9. The van der Waals surface area contributed by atoms with Gasteiger partial charge in [-0.05, 0) is 49.4 Å². The van der Waals surface area contributed by atoms with Crippen LogP contribution in [-0.2, 0) is 41.1 Å². The van der Waals surface area contributed by atoms with Gasteiger partial charge in [0.15, 0.2) is 11.5 Å². The van der Waals surface area contributed by atoms with Crippen molar-refractivity contribution >= 4 is 62.0 Å². The van der Waals surface area contributed by atoms with Crippen molar-refractivity contribution in [2.45, 2.75) is 49.6 Å². The van der Waals surface area contributed by atoms with E-state index in [1.54, 1.807) is 15.4 Å². The van der Waals surface area contributed by atoms with Crippen molar-refractivity contribution in [3.05, 3.63) is 12.7 Å². The van der Waals surface area contributed by atoms with Gasteiger partial charge >= 0.3 is 23.5 Å². The molecule has 1 aliphatic heterocycles. The molecular formula is C22H32N5O13P3S2. The largest absolute Gasteiger partial charge is 0.490 e. The lowest BCUT2D eigenvalue weighted by molar-refractivity contribution is -0.0522. The molecule has 8 rings (SSSR count). The highest BCUT2D eigenvalue weighted by Gasteiger charge is 2.92. The third-order valence-electron chi connectivity index (χ3n) is 8.97. The minimum absolute atomic E-state index is 0.164. The van der Waals surface area contributed by atoms with Gasteiger partial charge in [-0.25, -0.2) is 28.6 Å². The van der Waals surface area contributed by atoms with E-state index in [1.165, 1.54) is 23.4 Å². The number of nitrogens with zero attached hydrogens (tertiary/aromatic N) is 4. The SMILES string of the molecule is CC(C)(COC1C2C3C2C2C1C32)SSCOC1C[C@H](n2cnc3c(N)ncnc32)O[C@@H]1COP(=O)(O)OP(=O)(O)OP(=O)(O)O. The molecule has 1 saturated heterocycles. The van der Waals surface area contributed by atoms with Gasteiger partial charge in [0.25, 0.3) is 0 Å². The first-order chi connectivity index (χ1) is 21.0. The van der Waals surface area contributed by atoms with E-state index in [1.807, 2.05) is 0 Å². The van der Waals surface area contributed by atoms with Crippen LogP contribution in [0.4, 0.5) is 5.82 Å². The standard InChI is InChI=1S/C22H32N5O13P3S2/c1-22(2,5-35-19-16-12-13(16)15-14(12)17(15)19)45-44-8-36-9-3-11(27-7-26-18-20(23)24-6-25-21(18)27)38-10(9)4-37-42(31,32)40-43(33,34)39-41(28,29)30/h6-7,9-17,19H,3-5,8H2,1-2H3,(H,31,32)(H,33,34)(H2,23,24,25)(H2,28,29,30)/t9?,10-,11-,12?,13?,14?,15?,16?,17?,19?/m1/s1. The molecule has 2 aromatic heterocycles. The lowest BCUT2D eigenvalue weighted by Gasteiger charge is -2.26. The van der Waals surface area contributed by atoms with E-state index in [0.717, 1.165) is 35.5 Å². The van der Waals surface area contributed by atoms with Gasteiger partial charge in [-0.3, -0.25) is 9.09 Å². The van der Waals surface area contributed by atoms with Crippen LogP contribution >= 0.6 is 45.1 Å². The zero-order valence-electron chi connectivity index (χ0n) is 23.7. The van der Waals surface area contributed by atoms with Gasteiger partial charge in [-0.15, -0.1) is 0 Å². The summed E-state index contributed by atoms with van der Waals surface area (Å²) in [6.07, 6.45) is 0.940. The second-order valence-corrected chi connectivity index (χ2v) is 19.7. The molecule has 6 aliphatic rings. The highest BCUT2D eigenvalue weighted by Crippen LogP contribution is 2.92. The summed E-state index contributed by atoms with van der Waals surface area (Å²) < 4.78 is 67.4. The fraction of sp³-hybridized carbons (Fsp3) is 0.773. The van der Waals surface area contributed by atoms with E-state index in [2.05, 4.69) is 37.4 Å². The number of nitrogen functional groups attached to an aromatic ring is 1. The fourth-order valence-corrected chi connectivity index (χ4v) is 12.6. The molecule has 6 fully saturated rings. The number of rotatable bonds is 16. The minimum Gasteiger partial charge on any atom is -0.382 e. The molecule has 250 valence electrons. The number of phosphoric ester groups is 1. The zero-order valence-corrected chi connectivity index (χ0v) is 28.1. The Morgan fingerprint density at radius 2 is 1.69 bits per heavy atom. The number of fused-ring (bicyclic) bond motifs is 1. The smallest absolute Gasteiger partial charge is 0.382 e. The second kappa shape index (κ2) is 11.5. The quantitative estimate of drug-likeness (QED) is 0.0719. The average Bonchev–Trinajstić information content (AvgIpc) is 3.34. The van der Waals surface area contributed by atoms with Gasteiger partial charge in [0, 0.05) is 11.2 Å². The Morgan fingerprint density at radius 3 is 2.36 bits per heavy atom. The van der Waals surface area contributed by atoms with Crippen LogP contribution in [-0.4, -0.2) is 81.3 Å². The van der Waals surface area contributed by atoms with Gasteiger partial charge in [-0.2, -0.15) is 8.62 Å². The number of ether oxygens (including phenoxy) is 3. The van der Waals surface area contributed by atoms with Crippen LogP contribution in [0.2, 0.25) is 0 Å². The van der Waals surface area contributed by atoms with Crippen molar-refractivity contribution in [1.82, 2.24) is 19.5 Å². The number of hydrogen-bond acceptors (Lipinski definition) is 15. The van der Waals surface area contributed by atoms with Gasteiger partial charge in [0.05, 0.1) is 31.7 Å². The van der Waals surface area contributed by atoms with Crippen LogP contribution < -0.4 is 5.73 Å². The molecule has 3 unspecified atom stereocenters. The Hall–Kier alpha value is -0.660. The van der Waals surface area contributed by atoms with Crippen molar-refractivity contribution in [3.8, 4) is 0 Å². The first-order valence-corrected chi connectivity index (χ1v) is 20.8. The molecule has 0 radical (unpaired) electrons.